The molecule has 7 heteroatoms. The number of hydrogen-bond donors (Lipinski definition) is 2. The summed E-state index contributed by atoms with van der Waals surface area (Å²) in [6, 6.07) is 9.24. The van der Waals surface area contributed by atoms with Gasteiger partial charge in [0.05, 0.1) is 11.7 Å². The minimum absolute atomic E-state index is 0.336. The molecule has 1 aromatic carbocycles. The summed E-state index contributed by atoms with van der Waals surface area (Å²) in [7, 11) is 0. The Balaban J connectivity index is 1.57. The molecule has 3 rings (SSSR count). The molecule has 0 saturated heterocycles. The average molecular weight is 340 g/mol. The molecule has 0 atom stereocenters. The number of carbonyl (C=O) groups is 1. The van der Waals surface area contributed by atoms with Crippen molar-refractivity contribution in [3.05, 3.63) is 48.3 Å². The summed E-state index contributed by atoms with van der Waals surface area (Å²) in [4.78, 5) is 15.9. The van der Waals surface area contributed by atoms with Gasteiger partial charge >= 0.3 is 6.09 Å². The molecule has 130 valence electrons. The fraction of sp³-hybridized carbons (Fsp3) is 0.278. The number of nitrogens with zero attached hydrogens (tertiary/aromatic N) is 2. The standard InChI is InChI=1S/C18H20N4O3/c1-18(2,3)25-17(23)20-10-12-4-7-16(19-9-12)24-14-6-5-13-11-21-22-15(13)8-14/h4-9,11H,10H2,1-3H3,(H,20,23)(H,21,22). The van der Waals surface area contributed by atoms with Crippen LogP contribution in [0.25, 0.3) is 10.9 Å². The minimum atomic E-state index is -0.518. The van der Waals surface area contributed by atoms with Crippen LogP contribution in [-0.4, -0.2) is 26.9 Å². The largest absolute Gasteiger partial charge is 0.444 e. The smallest absolute Gasteiger partial charge is 0.407 e. The number of ether oxygens (including phenoxy) is 2. The normalized spacial score (nSPS) is 11.3. The zero-order valence-corrected chi connectivity index (χ0v) is 14.4. The zero-order valence-electron chi connectivity index (χ0n) is 14.4. The number of amides is 1. The number of hydrogen-bond acceptors (Lipinski definition) is 5. The second-order valence-electron chi connectivity index (χ2n) is 6.58. The number of alkyl carbamates (subject to hydrolysis) is 1. The first kappa shape index (κ1) is 16.8. The Morgan fingerprint density at radius 3 is 2.76 bits per heavy atom. The van der Waals surface area contributed by atoms with Crippen LogP contribution in [0.3, 0.4) is 0 Å². The summed E-state index contributed by atoms with van der Waals surface area (Å²) < 4.78 is 10.9. The monoisotopic (exact) mass is 340 g/mol. The van der Waals surface area contributed by atoms with E-state index in [0.29, 0.717) is 18.2 Å². The SMILES string of the molecule is CC(C)(C)OC(=O)NCc1ccc(Oc2ccc3cn[nH]c3c2)nc1. The molecule has 1 amide bonds. The summed E-state index contributed by atoms with van der Waals surface area (Å²) in [5.41, 5.74) is 1.23. The van der Waals surface area contributed by atoms with Gasteiger partial charge in [0.1, 0.15) is 11.4 Å². The van der Waals surface area contributed by atoms with Crippen molar-refractivity contribution in [2.45, 2.75) is 32.9 Å². The lowest BCUT2D eigenvalue weighted by atomic mass is 10.2. The van der Waals surface area contributed by atoms with Gasteiger partial charge in [-0.2, -0.15) is 5.10 Å². The highest BCUT2D eigenvalue weighted by Gasteiger charge is 2.15. The van der Waals surface area contributed by atoms with Crippen molar-refractivity contribution in [1.82, 2.24) is 20.5 Å². The Kier molecular flexibility index (Phi) is 4.56. The van der Waals surface area contributed by atoms with E-state index >= 15 is 0 Å². The van der Waals surface area contributed by atoms with Crippen molar-refractivity contribution >= 4 is 17.0 Å². The van der Waals surface area contributed by atoms with Crippen molar-refractivity contribution < 1.29 is 14.3 Å². The number of aromatic nitrogens is 3. The first-order chi connectivity index (χ1) is 11.9. The van der Waals surface area contributed by atoms with E-state index in [1.165, 1.54) is 0 Å². The van der Waals surface area contributed by atoms with Crippen LogP contribution >= 0.6 is 0 Å². The van der Waals surface area contributed by atoms with Crippen molar-refractivity contribution in [2.24, 2.45) is 0 Å². The number of fused-ring (bicyclic) bond motifs is 1. The quantitative estimate of drug-likeness (QED) is 0.754. The summed E-state index contributed by atoms with van der Waals surface area (Å²) in [6.07, 6.45) is 2.95. The van der Waals surface area contributed by atoms with Crippen LogP contribution in [0, 0.1) is 0 Å². The predicted octanol–water partition coefficient (Wildman–Crippen LogP) is 3.77. The Bertz CT molecular complexity index is 866. The van der Waals surface area contributed by atoms with Crippen molar-refractivity contribution in [1.29, 1.82) is 0 Å². The molecule has 0 bridgehead atoms. The number of H-pyrrole nitrogens is 1. The number of benzene rings is 1. The van der Waals surface area contributed by atoms with Gasteiger partial charge in [-0.25, -0.2) is 9.78 Å². The lowest BCUT2D eigenvalue weighted by Crippen LogP contribution is -2.32. The topological polar surface area (TPSA) is 89.1 Å². The molecule has 0 aliphatic heterocycles. The van der Waals surface area contributed by atoms with Gasteiger partial charge in [-0.3, -0.25) is 5.10 Å². The first-order valence-electron chi connectivity index (χ1n) is 7.92. The minimum Gasteiger partial charge on any atom is -0.444 e. The van der Waals surface area contributed by atoms with Crippen molar-refractivity contribution in [3.8, 4) is 11.6 Å². The lowest BCUT2D eigenvalue weighted by molar-refractivity contribution is 0.0523. The molecular formula is C18H20N4O3. The van der Waals surface area contributed by atoms with Gasteiger partial charge in [-0.05, 0) is 38.5 Å². The molecule has 0 unspecified atom stereocenters. The second kappa shape index (κ2) is 6.80. The van der Waals surface area contributed by atoms with Crippen LogP contribution in [0.2, 0.25) is 0 Å². The van der Waals surface area contributed by atoms with E-state index in [2.05, 4.69) is 20.5 Å². The Morgan fingerprint density at radius 2 is 2.04 bits per heavy atom. The molecular weight excluding hydrogens is 320 g/mol. The number of pyridine rings is 1. The van der Waals surface area contributed by atoms with Gasteiger partial charge in [0.15, 0.2) is 0 Å². The number of aromatic amines is 1. The Morgan fingerprint density at radius 1 is 1.20 bits per heavy atom. The maximum Gasteiger partial charge on any atom is 0.407 e. The molecule has 25 heavy (non-hydrogen) atoms. The van der Waals surface area contributed by atoms with E-state index in [-0.39, 0.29) is 0 Å². The molecule has 2 heterocycles. The molecule has 0 radical (unpaired) electrons. The molecule has 0 aliphatic carbocycles. The second-order valence-corrected chi connectivity index (χ2v) is 6.58. The summed E-state index contributed by atoms with van der Waals surface area (Å²) in [5.74, 6) is 1.14. The van der Waals surface area contributed by atoms with Gasteiger partial charge in [0, 0.05) is 30.3 Å². The van der Waals surface area contributed by atoms with Crippen molar-refractivity contribution in [2.75, 3.05) is 0 Å². The Labute approximate surface area is 145 Å². The molecule has 2 N–H and O–H groups in total. The summed E-state index contributed by atoms with van der Waals surface area (Å²) >= 11 is 0. The maximum absolute atomic E-state index is 11.6. The molecule has 0 saturated carbocycles. The van der Waals surface area contributed by atoms with Crippen molar-refractivity contribution in [3.63, 3.8) is 0 Å². The molecule has 2 aromatic heterocycles. The molecule has 7 nitrogen and oxygen atoms in total. The highest BCUT2D eigenvalue weighted by atomic mass is 16.6. The fourth-order valence-electron chi connectivity index (χ4n) is 2.16. The van der Waals surface area contributed by atoms with Gasteiger partial charge in [-0.15, -0.1) is 0 Å². The van der Waals surface area contributed by atoms with E-state index in [1.807, 2.05) is 45.0 Å². The van der Waals surface area contributed by atoms with E-state index < -0.39 is 11.7 Å². The first-order valence-corrected chi connectivity index (χ1v) is 7.92. The fourth-order valence-corrected chi connectivity index (χ4v) is 2.16. The van der Waals surface area contributed by atoms with Crippen LogP contribution in [0.5, 0.6) is 11.6 Å². The molecule has 0 aliphatic rings. The predicted molar refractivity (Wildman–Crippen MR) is 93.5 cm³/mol. The van der Waals surface area contributed by atoms with Crippen LogP contribution < -0.4 is 10.1 Å². The van der Waals surface area contributed by atoms with Crippen LogP contribution in [0.1, 0.15) is 26.3 Å². The average Bonchev–Trinajstić information content (AvgIpc) is 3.00. The van der Waals surface area contributed by atoms with Gasteiger partial charge < -0.3 is 14.8 Å². The Hall–Kier alpha value is -3.09. The van der Waals surface area contributed by atoms with E-state index in [0.717, 1.165) is 16.5 Å². The maximum atomic E-state index is 11.6. The van der Waals surface area contributed by atoms with Crippen LogP contribution in [-0.2, 0) is 11.3 Å². The third-order valence-corrected chi connectivity index (χ3v) is 3.27. The van der Waals surface area contributed by atoms with Gasteiger partial charge in [-0.1, -0.05) is 6.07 Å². The van der Waals surface area contributed by atoms with Gasteiger partial charge in [0.2, 0.25) is 5.88 Å². The third kappa shape index (κ3) is 4.69. The van der Waals surface area contributed by atoms with Gasteiger partial charge in [0.25, 0.3) is 0 Å². The highest BCUT2D eigenvalue weighted by molar-refractivity contribution is 5.79. The molecule has 0 fully saturated rings. The lowest BCUT2D eigenvalue weighted by Gasteiger charge is -2.19. The van der Waals surface area contributed by atoms with Crippen LogP contribution in [0.15, 0.2) is 42.7 Å². The zero-order chi connectivity index (χ0) is 17.9. The molecule has 0 spiro atoms. The van der Waals surface area contributed by atoms with E-state index in [9.17, 15) is 4.79 Å². The number of rotatable bonds is 4. The summed E-state index contributed by atoms with van der Waals surface area (Å²) in [5, 5.41) is 10.6. The summed E-state index contributed by atoms with van der Waals surface area (Å²) in [6.45, 7) is 5.80. The van der Waals surface area contributed by atoms with E-state index in [4.69, 9.17) is 9.47 Å². The number of nitrogens with one attached hydrogen (secondary N) is 2. The molecule has 3 aromatic rings. The van der Waals surface area contributed by atoms with Crippen LogP contribution in [0.4, 0.5) is 4.79 Å². The number of carbonyl (C=O) groups excluding carboxylic acids is 1. The van der Waals surface area contributed by atoms with E-state index in [1.54, 1.807) is 18.5 Å². The third-order valence-electron chi connectivity index (χ3n) is 3.27. The highest BCUT2D eigenvalue weighted by Crippen LogP contribution is 2.23.